The van der Waals surface area contributed by atoms with Crippen molar-refractivity contribution >= 4 is 0 Å². The molecule has 0 aromatic carbocycles. The van der Waals surface area contributed by atoms with E-state index >= 15 is 0 Å². The van der Waals surface area contributed by atoms with Gasteiger partial charge >= 0.3 is 0 Å². The van der Waals surface area contributed by atoms with Crippen LogP contribution in [0, 0.1) is 0 Å². The molecule has 7 heteroatoms. The number of aliphatic hydroxyl groups excluding tert-OH is 4. The first kappa shape index (κ1) is 18.8. The van der Waals surface area contributed by atoms with Crippen LogP contribution in [0.1, 0.15) is 45.4 Å². The molecule has 0 aromatic rings. The maximum absolute atomic E-state index is 9.76. The molecule has 0 saturated carbocycles. The van der Waals surface area contributed by atoms with Gasteiger partial charge in [-0.15, -0.1) is 0 Å². The second-order valence-electron chi connectivity index (χ2n) is 5.49. The third-order valence-electron chi connectivity index (χ3n) is 3.68. The molecule has 1 aliphatic rings. The van der Waals surface area contributed by atoms with Gasteiger partial charge in [-0.25, -0.2) is 0 Å². The molecule has 1 rings (SSSR count). The summed E-state index contributed by atoms with van der Waals surface area (Å²) in [6, 6.07) is 0. The average Bonchev–Trinajstić information content (AvgIpc) is 2.45. The average molecular weight is 308 g/mol. The van der Waals surface area contributed by atoms with Gasteiger partial charge in [-0.3, -0.25) is 0 Å². The van der Waals surface area contributed by atoms with Gasteiger partial charge in [0.05, 0.1) is 0 Å². The highest BCUT2D eigenvalue weighted by molar-refractivity contribution is 4.90. The van der Waals surface area contributed by atoms with Crippen molar-refractivity contribution in [1.82, 2.24) is 0 Å². The third-order valence-corrected chi connectivity index (χ3v) is 3.68. The lowest BCUT2D eigenvalue weighted by Crippen LogP contribution is -2.61. The predicted octanol–water partition coefficient (Wildman–Crippen LogP) is -0.518. The molecular weight excluding hydrogens is 280 g/mol. The molecule has 0 spiro atoms. The minimum absolute atomic E-state index is 0.338. The Labute approximate surface area is 125 Å². The Morgan fingerprint density at radius 2 is 1.52 bits per heavy atom. The molecule has 1 heterocycles. The fraction of sp³-hybridized carbons (Fsp3) is 1.00. The number of hydrogen-bond acceptors (Lipinski definition) is 7. The molecule has 5 N–H and O–H groups in total. The first-order chi connectivity index (χ1) is 9.99. The molecule has 3 unspecified atom stereocenters. The summed E-state index contributed by atoms with van der Waals surface area (Å²) in [5.41, 5.74) is 0. The van der Waals surface area contributed by atoms with Crippen LogP contribution in [0.4, 0.5) is 0 Å². The first-order valence-electron chi connectivity index (χ1n) is 7.66. The second-order valence-corrected chi connectivity index (χ2v) is 5.49. The summed E-state index contributed by atoms with van der Waals surface area (Å²) in [6.07, 6.45) is -2.58. The number of aliphatic hydroxyl groups is 5. The minimum atomic E-state index is -1.96. The van der Waals surface area contributed by atoms with E-state index in [9.17, 15) is 15.3 Å². The Morgan fingerprint density at radius 1 is 0.905 bits per heavy atom. The molecule has 1 fully saturated rings. The van der Waals surface area contributed by atoms with Crippen molar-refractivity contribution in [3.63, 3.8) is 0 Å². The van der Waals surface area contributed by atoms with E-state index in [0.717, 1.165) is 19.3 Å². The Morgan fingerprint density at radius 3 is 2.14 bits per heavy atom. The molecule has 0 amide bonds. The smallest absolute Gasteiger partial charge is 0.186 e. The van der Waals surface area contributed by atoms with E-state index in [1.54, 1.807) is 0 Å². The van der Waals surface area contributed by atoms with Crippen molar-refractivity contribution in [1.29, 1.82) is 0 Å². The summed E-state index contributed by atoms with van der Waals surface area (Å²) in [7, 11) is 0. The van der Waals surface area contributed by atoms with Crippen molar-refractivity contribution in [3.05, 3.63) is 0 Å². The van der Waals surface area contributed by atoms with Crippen molar-refractivity contribution in [2.24, 2.45) is 0 Å². The molecule has 1 saturated heterocycles. The zero-order valence-electron chi connectivity index (χ0n) is 12.5. The number of ether oxygens (including phenoxy) is 2. The van der Waals surface area contributed by atoms with Crippen molar-refractivity contribution in [3.8, 4) is 0 Å². The Hall–Kier alpha value is -0.280. The maximum atomic E-state index is 9.76. The SMILES string of the molecule is CCCCCCCCO[C@@H]1OC(C(O)O)[C@@H](O)C(O)C1O. The molecule has 0 aromatic heterocycles. The molecule has 126 valence electrons. The Kier molecular flexibility index (Phi) is 8.65. The Balaban J connectivity index is 2.29. The highest BCUT2D eigenvalue weighted by Gasteiger charge is 2.46. The van der Waals surface area contributed by atoms with Gasteiger partial charge in [0.15, 0.2) is 12.6 Å². The van der Waals surface area contributed by atoms with Crippen molar-refractivity contribution in [2.75, 3.05) is 6.61 Å². The summed E-state index contributed by atoms with van der Waals surface area (Å²) in [4.78, 5) is 0. The van der Waals surface area contributed by atoms with Crippen LogP contribution in [0.15, 0.2) is 0 Å². The highest BCUT2D eigenvalue weighted by atomic mass is 16.7. The fourth-order valence-corrected chi connectivity index (χ4v) is 2.34. The van der Waals surface area contributed by atoms with Gasteiger partial charge in [-0.1, -0.05) is 39.0 Å². The normalized spacial score (nSPS) is 33.6. The first-order valence-corrected chi connectivity index (χ1v) is 7.66. The molecule has 7 nitrogen and oxygen atoms in total. The lowest BCUT2D eigenvalue weighted by Gasteiger charge is -2.40. The van der Waals surface area contributed by atoms with Gasteiger partial charge in [-0.2, -0.15) is 0 Å². The van der Waals surface area contributed by atoms with Crippen LogP contribution in [-0.2, 0) is 9.47 Å². The van der Waals surface area contributed by atoms with E-state index in [2.05, 4.69) is 6.92 Å². The molecule has 5 atom stereocenters. The lowest BCUT2D eigenvalue weighted by molar-refractivity contribution is -0.328. The fourth-order valence-electron chi connectivity index (χ4n) is 2.34. The summed E-state index contributed by atoms with van der Waals surface area (Å²) in [6.45, 7) is 2.49. The van der Waals surface area contributed by atoms with Gasteiger partial charge in [-0.05, 0) is 6.42 Å². The van der Waals surface area contributed by atoms with E-state index in [1.165, 1.54) is 19.3 Å². The van der Waals surface area contributed by atoms with Crippen LogP contribution in [0.25, 0.3) is 0 Å². The minimum Gasteiger partial charge on any atom is -0.387 e. The summed E-state index contributed by atoms with van der Waals surface area (Å²) >= 11 is 0. The van der Waals surface area contributed by atoms with E-state index < -0.39 is 37.0 Å². The topological polar surface area (TPSA) is 120 Å². The Bertz CT molecular complexity index is 274. The third kappa shape index (κ3) is 5.78. The number of hydrogen-bond donors (Lipinski definition) is 5. The van der Waals surface area contributed by atoms with Crippen molar-refractivity contribution < 1.29 is 35.0 Å². The summed E-state index contributed by atoms with van der Waals surface area (Å²) in [5, 5.41) is 47.2. The highest BCUT2D eigenvalue weighted by Crippen LogP contribution is 2.23. The molecule has 1 aliphatic heterocycles. The van der Waals surface area contributed by atoms with E-state index in [-0.39, 0.29) is 0 Å². The van der Waals surface area contributed by atoms with Crippen LogP contribution in [0.5, 0.6) is 0 Å². The van der Waals surface area contributed by atoms with E-state index in [4.69, 9.17) is 19.7 Å². The van der Waals surface area contributed by atoms with Crippen LogP contribution in [0.2, 0.25) is 0 Å². The standard InChI is InChI=1S/C14H28O7/c1-2-3-4-5-6-7-8-20-14-11(17)9(15)10(16)12(21-14)13(18)19/h9-19H,2-8H2,1H3/t9?,10-,11?,12?,14+/m0/s1. The van der Waals surface area contributed by atoms with Crippen LogP contribution < -0.4 is 0 Å². The van der Waals surface area contributed by atoms with Crippen LogP contribution in [0.3, 0.4) is 0 Å². The largest absolute Gasteiger partial charge is 0.387 e. The molecule has 0 radical (unpaired) electrons. The zero-order chi connectivity index (χ0) is 15.8. The predicted molar refractivity (Wildman–Crippen MR) is 74.2 cm³/mol. The molecule has 0 aliphatic carbocycles. The number of rotatable bonds is 9. The molecule has 0 bridgehead atoms. The summed E-state index contributed by atoms with van der Waals surface area (Å²) < 4.78 is 10.4. The van der Waals surface area contributed by atoms with E-state index in [1.807, 2.05) is 0 Å². The van der Waals surface area contributed by atoms with Crippen molar-refractivity contribution in [2.45, 2.75) is 82.4 Å². The zero-order valence-corrected chi connectivity index (χ0v) is 12.5. The van der Waals surface area contributed by atoms with Gasteiger partial charge in [0.25, 0.3) is 0 Å². The van der Waals surface area contributed by atoms with Crippen LogP contribution in [-0.4, -0.2) is 69.1 Å². The number of unbranched alkanes of at least 4 members (excludes halogenated alkanes) is 5. The van der Waals surface area contributed by atoms with Gasteiger partial charge in [0.1, 0.15) is 24.4 Å². The maximum Gasteiger partial charge on any atom is 0.186 e. The van der Waals surface area contributed by atoms with Gasteiger partial charge in [0, 0.05) is 6.61 Å². The quantitative estimate of drug-likeness (QED) is 0.287. The van der Waals surface area contributed by atoms with Gasteiger partial charge in [0.2, 0.25) is 0 Å². The second kappa shape index (κ2) is 9.68. The molecular formula is C14H28O7. The van der Waals surface area contributed by atoms with E-state index in [0.29, 0.717) is 6.61 Å². The summed E-state index contributed by atoms with van der Waals surface area (Å²) in [5.74, 6) is 0. The van der Waals surface area contributed by atoms with Crippen LogP contribution >= 0.6 is 0 Å². The molecule has 21 heavy (non-hydrogen) atoms. The van der Waals surface area contributed by atoms with Gasteiger partial charge < -0.3 is 35.0 Å². The monoisotopic (exact) mass is 308 g/mol. The lowest BCUT2D eigenvalue weighted by atomic mass is 9.98.